The highest BCUT2D eigenvalue weighted by molar-refractivity contribution is 14.1. The molecule has 10 nitrogen and oxygen atoms in total. The van der Waals surface area contributed by atoms with E-state index in [2.05, 4.69) is 18.5 Å². The summed E-state index contributed by atoms with van der Waals surface area (Å²) in [5.41, 5.74) is -0.714. The van der Waals surface area contributed by atoms with Crippen molar-refractivity contribution < 1.29 is 28.6 Å². The van der Waals surface area contributed by atoms with Crippen LogP contribution in [0.15, 0.2) is 39.6 Å². The number of rotatable bonds is 7. The third-order valence-corrected chi connectivity index (χ3v) is 9.81. The molecule has 0 bridgehead atoms. The molecular weight excluding hydrogens is 619 g/mol. The van der Waals surface area contributed by atoms with Gasteiger partial charge in [-0.3, -0.25) is 23.9 Å². The van der Waals surface area contributed by atoms with Crippen LogP contribution in [0.25, 0.3) is 0 Å². The second-order valence-corrected chi connectivity index (χ2v) is 12.5. The number of aromatic nitrogens is 2. The fourth-order valence-corrected chi connectivity index (χ4v) is 7.64. The van der Waals surface area contributed by atoms with Gasteiger partial charge in [-0.2, -0.15) is 0 Å². The van der Waals surface area contributed by atoms with E-state index < -0.39 is 40.7 Å². The highest BCUT2D eigenvalue weighted by Crippen LogP contribution is 2.63. The van der Waals surface area contributed by atoms with Crippen LogP contribution in [0, 0.1) is 26.2 Å². The van der Waals surface area contributed by atoms with E-state index in [0.717, 1.165) is 12.0 Å². The summed E-state index contributed by atoms with van der Waals surface area (Å²) >= 11 is 1.87. The van der Waals surface area contributed by atoms with Crippen LogP contribution in [-0.4, -0.2) is 46.8 Å². The molecule has 212 valence electrons. The van der Waals surface area contributed by atoms with Crippen LogP contribution in [0.1, 0.15) is 65.8 Å². The van der Waals surface area contributed by atoms with Crippen LogP contribution in [0.5, 0.6) is 0 Å². The Kier molecular flexibility index (Phi) is 8.30. The van der Waals surface area contributed by atoms with Crippen LogP contribution in [0.4, 0.5) is 0 Å². The summed E-state index contributed by atoms with van der Waals surface area (Å²) in [5, 5.41) is 0. The van der Waals surface area contributed by atoms with Gasteiger partial charge in [0, 0.05) is 25.5 Å². The number of cyclic esters (lactones) is 1. The Morgan fingerprint density at radius 1 is 1.23 bits per heavy atom. The molecule has 2 fully saturated rings. The number of halogens is 1. The molecule has 1 aromatic heterocycles. The average Bonchev–Trinajstić information content (AvgIpc) is 3.27. The first kappa shape index (κ1) is 29.3. The lowest BCUT2D eigenvalue weighted by molar-refractivity contribution is -0.192. The standard InChI is InChI=1S/C28H35IN2O8/c1-15-6-7-22-27(4,10-8-23(39-17(3)33)28(22,5)14-38-16(2)32)19(15)12-21(18-9-11-37-25(18)35)31-13-20(29)24(34)30-26(31)36/h9,13,19,21-23H,1,6-8,10-12,14H2,2-5H3,(H,30,34,36)/t19-,21?,22+,23-,27+,28+/m1/s1. The largest absolute Gasteiger partial charge is 0.465 e. The molecule has 2 saturated carbocycles. The lowest BCUT2D eigenvalue weighted by atomic mass is 9.46. The predicted molar refractivity (Wildman–Crippen MR) is 150 cm³/mol. The zero-order chi connectivity index (χ0) is 28.7. The van der Waals surface area contributed by atoms with Crippen molar-refractivity contribution in [2.75, 3.05) is 13.2 Å². The monoisotopic (exact) mass is 654 g/mol. The van der Waals surface area contributed by atoms with Gasteiger partial charge >= 0.3 is 23.6 Å². The number of carbonyl (C=O) groups is 3. The Morgan fingerprint density at radius 2 is 1.95 bits per heavy atom. The van der Waals surface area contributed by atoms with E-state index in [-0.39, 0.29) is 36.4 Å². The molecule has 6 atom stereocenters. The van der Waals surface area contributed by atoms with Crippen LogP contribution >= 0.6 is 22.6 Å². The van der Waals surface area contributed by atoms with Gasteiger partial charge in [-0.15, -0.1) is 0 Å². The SMILES string of the molecule is C=C1CC[C@@H]2[C@](C)(COC(C)=O)[C@H](OC(C)=O)CC[C@@]2(C)[C@@H]1CC(C1=CCOC1=O)n1cc(I)c(=O)[nH]c1=O. The second-order valence-electron chi connectivity index (χ2n) is 11.4. The Hall–Kier alpha value is -2.70. The molecule has 39 heavy (non-hydrogen) atoms. The maximum Gasteiger partial charge on any atom is 0.336 e. The van der Waals surface area contributed by atoms with E-state index in [1.54, 1.807) is 6.08 Å². The molecule has 4 rings (SSSR count). The first-order valence-corrected chi connectivity index (χ1v) is 14.2. The van der Waals surface area contributed by atoms with Crippen molar-refractivity contribution in [1.29, 1.82) is 0 Å². The maximum absolute atomic E-state index is 13.0. The summed E-state index contributed by atoms with van der Waals surface area (Å²) in [4.78, 5) is 64.0. The third-order valence-electron chi connectivity index (χ3n) is 9.04. The van der Waals surface area contributed by atoms with E-state index in [1.807, 2.05) is 29.5 Å². The molecule has 1 N–H and O–H groups in total. The minimum Gasteiger partial charge on any atom is -0.465 e. The predicted octanol–water partition coefficient (Wildman–Crippen LogP) is 3.44. The van der Waals surface area contributed by atoms with Crippen LogP contribution in [0.3, 0.4) is 0 Å². The maximum atomic E-state index is 13.0. The first-order chi connectivity index (χ1) is 18.3. The molecule has 2 heterocycles. The fraction of sp³-hybridized carbons (Fsp3) is 0.607. The van der Waals surface area contributed by atoms with Crippen molar-refractivity contribution in [3.63, 3.8) is 0 Å². The Morgan fingerprint density at radius 3 is 2.56 bits per heavy atom. The molecule has 1 unspecified atom stereocenters. The van der Waals surface area contributed by atoms with Gasteiger partial charge in [0.25, 0.3) is 5.56 Å². The van der Waals surface area contributed by atoms with Crippen molar-refractivity contribution >= 4 is 40.5 Å². The summed E-state index contributed by atoms with van der Waals surface area (Å²) in [6, 6.07) is -0.680. The average molecular weight is 654 g/mol. The van der Waals surface area contributed by atoms with Gasteiger partial charge in [-0.25, -0.2) is 9.59 Å². The van der Waals surface area contributed by atoms with E-state index in [0.29, 0.717) is 34.8 Å². The number of nitrogens with zero attached hydrogens (tertiary/aromatic N) is 1. The summed E-state index contributed by atoms with van der Waals surface area (Å²) in [7, 11) is 0. The molecule has 0 saturated heterocycles. The quantitative estimate of drug-likeness (QED) is 0.205. The third kappa shape index (κ3) is 5.51. The molecule has 0 radical (unpaired) electrons. The Labute approximate surface area is 240 Å². The topological polar surface area (TPSA) is 134 Å². The highest BCUT2D eigenvalue weighted by atomic mass is 127. The molecule has 0 spiro atoms. The second kappa shape index (κ2) is 11.1. The van der Waals surface area contributed by atoms with Crippen LogP contribution in [-0.2, 0) is 28.6 Å². The highest BCUT2D eigenvalue weighted by Gasteiger charge is 2.60. The smallest absolute Gasteiger partial charge is 0.336 e. The van der Waals surface area contributed by atoms with Gasteiger partial charge in [0.1, 0.15) is 19.3 Å². The summed E-state index contributed by atoms with van der Waals surface area (Å²) < 4.78 is 18.3. The number of fused-ring (bicyclic) bond motifs is 1. The Bertz CT molecular complexity index is 1350. The molecule has 0 aromatic carbocycles. The zero-order valence-electron chi connectivity index (χ0n) is 22.7. The van der Waals surface area contributed by atoms with Crippen molar-refractivity contribution in [3.05, 3.63) is 54.4 Å². The number of nitrogens with one attached hydrogen (secondary N) is 1. The molecule has 0 amide bonds. The van der Waals surface area contributed by atoms with Crippen LogP contribution in [0.2, 0.25) is 0 Å². The molecule has 11 heteroatoms. The zero-order valence-corrected chi connectivity index (χ0v) is 24.9. The molecule has 1 aromatic rings. The van der Waals surface area contributed by atoms with E-state index >= 15 is 0 Å². The van der Waals surface area contributed by atoms with Gasteiger partial charge in [0.2, 0.25) is 0 Å². The molecular formula is C28H35IN2O8. The first-order valence-electron chi connectivity index (χ1n) is 13.1. The van der Waals surface area contributed by atoms with Crippen molar-refractivity contribution in [2.24, 2.45) is 22.7 Å². The van der Waals surface area contributed by atoms with Gasteiger partial charge < -0.3 is 14.2 Å². The van der Waals surface area contributed by atoms with Crippen molar-refractivity contribution in [2.45, 2.75) is 71.9 Å². The minimum absolute atomic E-state index is 0.00412. The number of ether oxygens (including phenoxy) is 3. The van der Waals surface area contributed by atoms with Gasteiger partial charge in [0.15, 0.2) is 0 Å². The lowest BCUT2D eigenvalue weighted by Gasteiger charge is -2.60. The number of carbonyl (C=O) groups excluding carboxylic acids is 3. The van der Waals surface area contributed by atoms with Crippen LogP contribution < -0.4 is 11.2 Å². The van der Waals surface area contributed by atoms with Crippen molar-refractivity contribution in [3.8, 4) is 0 Å². The minimum atomic E-state index is -0.680. The Balaban J connectivity index is 1.78. The van der Waals surface area contributed by atoms with E-state index in [9.17, 15) is 24.0 Å². The number of aromatic amines is 1. The van der Waals surface area contributed by atoms with Gasteiger partial charge in [-0.05, 0) is 78.0 Å². The lowest BCUT2D eigenvalue weighted by Crippen LogP contribution is -2.59. The number of H-pyrrole nitrogens is 1. The summed E-state index contributed by atoms with van der Waals surface area (Å²) in [6.07, 6.45) is 5.87. The molecule has 3 aliphatic rings. The number of esters is 3. The summed E-state index contributed by atoms with van der Waals surface area (Å²) in [5.74, 6) is -1.40. The van der Waals surface area contributed by atoms with Crippen molar-refractivity contribution in [1.82, 2.24) is 9.55 Å². The van der Waals surface area contributed by atoms with Gasteiger partial charge in [0.05, 0.1) is 15.2 Å². The number of hydrogen-bond acceptors (Lipinski definition) is 8. The fourth-order valence-electron chi connectivity index (χ4n) is 7.20. The van der Waals surface area contributed by atoms with E-state index in [4.69, 9.17) is 14.2 Å². The number of allylic oxidation sites excluding steroid dienone is 1. The molecule has 1 aliphatic heterocycles. The molecule has 2 aliphatic carbocycles. The normalized spacial score (nSPS) is 31.1. The van der Waals surface area contributed by atoms with E-state index in [1.165, 1.54) is 24.6 Å². The summed E-state index contributed by atoms with van der Waals surface area (Å²) in [6.45, 7) is 11.6. The number of hydrogen-bond donors (Lipinski definition) is 1. The van der Waals surface area contributed by atoms with Gasteiger partial charge in [-0.1, -0.05) is 26.0 Å².